The summed E-state index contributed by atoms with van der Waals surface area (Å²) in [6, 6.07) is 5.86. The van der Waals surface area contributed by atoms with Crippen LogP contribution in [0.4, 0.5) is 19.0 Å². The highest BCUT2D eigenvalue weighted by Crippen LogP contribution is 2.39. The van der Waals surface area contributed by atoms with E-state index in [4.69, 9.17) is 10.5 Å². The number of hydrogen-bond acceptors (Lipinski definition) is 4. The second-order valence-corrected chi connectivity index (χ2v) is 4.89. The fourth-order valence-electron chi connectivity index (χ4n) is 1.87. The van der Waals surface area contributed by atoms with E-state index in [1.165, 1.54) is 18.2 Å². The molecule has 0 radical (unpaired) electrons. The lowest BCUT2D eigenvalue weighted by Gasteiger charge is -2.09. The van der Waals surface area contributed by atoms with Crippen molar-refractivity contribution in [2.75, 3.05) is 5.73 Å². The van der Waals surface area contributed by atoms with Crippen molar-refractivity contribution in [1.82, 2.24) is 9.97 Å². The zero-order valence-electron chi connectivity index (χ0n) is 10.9. The smallest absolute Gasteiger partial charge is 0.416 e. The first-order valence-corrected chi connectivity index (χ1v) is 6.41. The minimum Gasteiger partial charge on any atom is -0.439 e. The van der Waals surface area contributed by atoms with Crippen molar-refractivity contribution in [2.45, 2.75) is 24.9 Å². The van der Waals surface area contributed by atoms with E-state index in [-0.39, 0.29) is 17.4 Å². The average Bonchev–Trinajstić information content (AvgIpc) is 3.21. The topological polar surface area (TPSA) is 61.0 Å². The van der Waals surface area contributed by atoms with Gasteiger partial charge in [0.25, 0.3) is 0 Å². The molecule has 1 aliphatic rings. The van der Waals surface area contributed by atoms with Crippen molar-refractivity contribution in [3.63, 3.8) is 0 Å². The van der Waals surface area contributed by atoms with Crippen LogP contribution in [-0.4, -0.2) is 9.97 Å². The summed E-state index contributed by atoms with van der Waals surface area (Å²) in [5.74, 6) is 1.72. The maximum absolute atomic E-state index is 12.5. The summed E-state index contributed by atoms with van der Waals surface area (Å²) in [5.41, 5.74) is 4.95. The van der Waals surface area contributed by atoms with Gasteiger partial charge in [0.15, 0.2) is 0 Å². The Morgan fingerprint density at radius 2 is 1.76 bits per heavy atom. The summed E-state index contributed by atoms with van der Waals surface area (Å²) in [5, 5.41) is 0. The van der Waals surface area contributed by atoms with E-state index in [1.54, 1.807) is 0 Å². The zero-order valence-corrected chi connectivity index (χ0v) is 10.9. The van der Waals surface area contributed by atoms with Crippen molar-refractivity contribution < 1.29 is 17.9 Å². The van der Waals surface area contributed by atoms with Gasteiger partial charge >= 0.3 is 6.18 Å². The molecule has 0 amide bonds. The van der Waals surface area contributed by atoms with Crippen LogP contribution in [0.15, 0.2) is 30.3 Å². The Bertz CT molecular complexity index is 652. The Balaban J connectivity index is 1.80. The highest BCUT2D eigenvalue weighted by molar-refractivity contribution is 5.37. The third kappa shape index (κ3) is 3.24. The first kappa shape index (κ1) is 13.7. The number of anilines is 1. The van der Waals surface area contributed by atoms with Crippen LogP contribution < -0.4 is 10.5 Å². The lowest BCUT2D eigenvalue weighted by Crippen LogP contribution is -2.04. The van der Waals surface area contributed by atoms with Crippen LogP contribution >= 0.6 is 0 Å². The largest absolute Gasteiger partial charge is 0.439 e. The average molecular weight is 295 g/mol. The minimum absolute atomic E-state index is 0.240. The molecule has 0 atom stereocenters. The Morgan fingerprint density at radius 1 is 1.10 bits per heavy atom. The monoisotopic (exact) mass is 295 g/mol. The molecule has 0 spiro atoms. The molecule has 2 aromatic rings. The Hall–Kier alpha value is -2.31. The van der Waals surface area contributed by atoms with E-state index in [0.29, 0.717) is 11.7 Å². The Labute approximate surface area is 118 Å². The van der Waals surface area contributed by atoms with Gasteiger partial charge in [-0.1, -0.05) is 0 Å². The molecule has 3 rings (SSSR count). The third-order valence-corrected chi connectivity index (χ3v) is 3.09. The van der Waals surface area contributed by atoms with E-state index >= 15 is 0 Å². The second kappa shape index (κ2) is 4.91. The van der Waals surface area contributed by atoms with Crippen molar-refractivity contribution in [3.05, 3.63) is 41.7 Å². The molecule has 1 fully saturated rings. The number of nitrogen functional groups attached to an aromatic ring is 1. The van der Waals surface area contributed by atoms with Crippen molar-refractivity contribution in [1.29, 1.82) is 0 Å². The number of alkyl halides is 3. The first-order valence-electron chi connectivity index (χ1n) is 6.41. The van der Waals surface area contributed by atoms with Crippen LogP contribution in [0.5, 0.6) is 11.6 Å². The predicted octanol–water partition coefficient (Wildman–Crippen LogP) is 3.75. The van der Waals surface area contributed by atoms with Crippen LogP contribution in [-0.2, 0) is 6.18 Å². The molecule has 110 valence electrons. The number of hydrogen-bond donors (Lipinski definition) is 1. The maximum atomic E-state index is 12.5. The Kier molecular flexibility index (Phi) is 3.19. The molecule has 1 heterocycles. The van der Waals surface area contributed by atoms with Gasteiger partial charge in [0.1, 0.15) is 17.4 Å². The van der Waals surface area contributed by atoms with Gasteiger partial charge in [0, 0.05) is 12.0 Å². The van der Waals surface area contributed by atoms with Gasteiger partial charge in [0.2, 0.25) is 5.88 Å². The molecule has 1 saturated carbocycles. The standard InChI is InChI=1S/C14H12F3N3O/c15-14(16,17)9-3-5-10(6-4-9)21-12-7-11(18)19-13(20-12)8-1-2-8/h3-8H,1-2H2,(H2,18,19,20). The molecule has 2 N–H and O–H groups in total. The number of halogens is 3. The van der Waals surface area contributed by atoms with Crippen LogP contribution in [0.1, 0.15) is 30.1 Å². The van der Waals surface area contributed by atoms with Gasteiger partial charge in [-0.15, -0.1) is 0 Å². The molecule has 4 nitrogen and oxygen atoms in total. The molecule has 21 heavy (non-hydrogen) atoms. The number of nitrogens with two attached hydrogens (primary N) is 1. The fraction of sp³-hybridized carbons (Fsp3) is 0.286. The van der Waals surface area contributed by atoms with Crippen molar-refractivity contribution >= 4 is 5.82 Å². The summed E-state index contributed by atoms with van der Waals surface area (Å²) in [4.78, 5) is 8.35. The Morgan fingerprint density at radius 3 is 2.33 bits per heavy atom. The number of benzene rings is 1. The van der Waals surface area contributed by atoms with E-state index < -0.39 is 11.7 Å². The van der Waals surface area contributed by atoms with Gasteiger partial charge in [-0.25, -0.2) is 4.98 Å². The lowest BCUT2D eigenvalue weighted by atomic mass is 10.2. The van der Waals surface area contributed by atoms with Crippen LogP contribution in [0.3, 0.4) is 0 Å². The second-order valence-electron chi connectivity index (χ2n) is 4.89. The minimum atomic E-state index is -4.36. The summed E-state index contributed by atoms with van der Waals surface area (Å²) in [6.07, 6.45) is -2.33. The highest BCUT2D eigenvalue weighted by atomic mass is 19.4. The SMILES string of the molecule is Nc1cc(Oc2ccc(C(F)(F)F)cc2)nc(C2CC2)n1. The van der Waals surface area contributed by atoms with E-state index in [1.807, 2.05) is 0 Å². The molecule has 0 bridgehead atoms. The van der Waals surface area contributed by atoms with Crippen molar-refractivity contribution in [2.24, 2.45) is 0 Å². The quantitative estimate of drug-likeness (QED) is 0.936. The molecule has 0 saturated heterocycles. The maximum Gasteiger partial charge on any atom is 0.416 e. The number of nitrogens with zero attached hydrogens (tertiary/aromatic N) is 2. The van der Waals surface area contributed by atoms with Gasteiger partial charge in [-0.05, 0) is 37.1 Å². The number of aromatic nitrogens is 2. The van der Waals surface area contributed by atoms with Crippen LogP contribution in [0.25, 0.3) is 0 Å². The van der Waals surface area contributed by atoms with E-state index in [9.17, 15) is 13.2 Å². The summed E-state index contributed by atoms with van der Waals surface area (Å²) < 4.78 is 42.9. The van der Waals surface area contributed by atoms with Gasteiger partial charge < -0.3 is 10.5 Å². The third-order valence-electron chi connectivity index (χ3n) is 3.09. The molecule has 1 aromatic heterocycles. The molecule has 0 unspecified atom stereocenters. The summed E-state index contributed by atoms with van der Waals surface area (Å²) in [6.45, 7) is 0. The van der Waals surface area contributed by atoms with E-state index in [0.717, 1.165) is 25.0 Å². The molecular formula is C14H12F3N3O. The fourth-order valence-corrected chi connectivity index (χ4v) is 1.87. The number of ether oxygens (including phenoxy) is 1. The highest BCUT2D eigenvalue weighted by Gasteiger charge is 2.30. The molecule has 1 aliphatic carbocycles. The molecule has 1 aromatic carbocycles. The van der Waals surface area contributed by atoms with Crippen LogP contribution in [0, 0.1) is 0 Å². The number of rotatable bonds is 3. The zero-order chi connectivity index (χ0) is 15.0. The van der Waals surface area contributed by atoms with Crippen LogP contribution in [0.2, 0.25) is 0 Å². The summed E-state index contributed by atoms with van der Waals surface area (Å²) >= 11 is 0. The van der Waals surface area contributed by atoms with E-state index in [2.05, 4.69) is 9.97 Å². The van der Waals surface area contributed by atoms with Gasteiger partial charge in [0.05, 0.1) is 5.56 Å². The predicted molar refractivity (Wildman–Crippen MR) is 69.9 cm³/mol. The van der Waals surface area contributed by atoms with Gasteiger partial charge in [-0.3, -0.25) is 0 Å². The molecule has 7 heteroatoms. The molecule has 0 aliphatic heterocycles. The first-order chi connectivity index (χ1) is 9.91. The normalized spacial score (nSPS) is 15.0. The molecular weight excluding hydrogens is 283 g/mol. The summed E-state index contributed by atoms with van der Waals surface area (Å²) in [7, 11) is 0. The lowest BCUT2D eigenvalue weighted by molar-refractivity contribution is -0.137. The van der Waals surface area contributed by atoms with Crippen molar-refractivity contribution in [3.8, 4) is 11.6 Å². The van der Waals surface area contributed by atoms with Gasteiger partial charge in [-0.2, -0.15) is 18.2 Å².